The minimum absolute atomic E-state index is 0.0536. The summed E-state index contributed by atoms with van der Waals surface area (Å²) >= 11 is 0. The minimum Gasteiger partial charge on any atom is -0.364 e. The third-order valence-corrected chi connectivity index (χ3v) is 5.45. The summed E-state index contributed by atoms with van der Waals surface area (Å²) in [6.07, 6.45) is 2.32. The molecule has 3 heterocycles. The summed E-state index contributed by atoms with van der Waals surface area (Å²) in [5, 5.41) is 4.77. The molecule has 0 unspecified atom stereocenters. The number of aromatic nitrogens is 2. The number of hydrogen-bond acceptors (Lipinski definition) is 6. The number of alkyl halides is 2. The standard InChI is InChI=1S/C20H18F4N6O2/c21-12-5-11(6-13(22)7-12)16-1-3-28-30(16)19(32)14-2-4-29(9-20(14,23)24)17-8-15(18(25)31)26-10-27-17/h3,5-8,10,14,16H,1-2,4,9H2,(H2,25,31)/t14-,16+/m1/s1. The number of amides is 2. The summed E-state index contributed by atoms with van der Waals surface area (Å²) in [6, 6.07) is 3.12. The molecule has 0 radical (unpaired) electrons. The van der Waals surface area contributed by atoms with Crippen molar-refractivity contribution in [2.24, 2.45) is 16.8 Å². The molecular formula is C20H18F4N6O2. The van der Waals surface area contributed by atoms with E-state index in [9.17, 15) is 18.4 Å². The molecule has 1 fully saturated rings. The Morgan fingerprint density at radius 2 is 1.81 bits per heavy atom. The summed E-state index contributed by atoms with van der Waals surface area (Å²) in [5.74, 6) is -8.48. The van der Waals surface area contributed by atoms with E-state index in [1.165, 1.54) is 17.2 Å². The molecule has 1 aromatic heterocycles. The van der Waals surface area contributed by atoms with Crippen LogP contribution in [0.2, 0.25) is 0 Å². The lowest BCUT2D eigenvalue weighted by Crippen LogP contribution is -2.54. The number of carbonyl (C=O) groups is 2. The van der Waals surface area contributed by atoms with Crippen LogP contribution < -0.4 is 10.6 Å². The van der Waals surface area contributed by atoms with Crippen molar-refractivity contribution in [3.63, 3.8) is 0 Å². The molecule has 1 saturated heterocycles. The predicted octanol–water partition coefficient (Wildman–Crippen LogP) is 2.27. The van der Waals surface area contributed by atoms with Crippen molar-refractivity contribution < 1.29 is 27.2 Å². The van der Waals surface area contributed by atoms with Gasteiger partial charge in [0.25, 0.3) is 17.7 Å². The van der Waals surface area contributed by atoms with Crippen molar-refractivity contribution in [1.82, 2.24) is 15.0 Å². The molecule has 0 aliphatic carbocycles. The number of halogens is 4. The molecule has 0 spiro atoms. The normalized spacial score (nSPS) is 22.2. The number of primary amides is 1. The number of nitrogens with zero attached hydrogens (tertiary/aromatic N) is 5. The number of hydrazone groups is 1. The molecule has 4 rings (SSSR count). The van der Waals surface area contributed by atoms with Gasteiger partial charge in [-0.1, -0.05) is 0 Å². The summed E-state index contributed by atoms with van der Waals surface area (Å²) < 4.78 is 57.3. The van der Waals surface area contributed by atoms with Gasteiger partial charge in [-0.05, 0) is 24.1 Å². The first kappa shape index (κ1) is 21.7. The SMILES string of the molecule is NC(=O)c1cc(N2CC[C@H](C(=O)N3N=CC[C@H]3c3cc(F)cc(F)c3)C(F)(F)C2)ncn1. The molecule has 2 aromatic rings. The van der Waals surface area contributed by atoms with Crippen molar-refractivity contribution in [3.8, 4) is 0 Å². The topological polar surface area (TPSA) is 105 Å². The van der Waals surface area contributed by atoms with Crippen molar-refractivity contribution in [1.29, 1.82) is 0 Å². The van der Waals surface area contributed by atoms with Gasteiger partial charge in [-0.25, -0.2) is 32.5 Å². The molecule has 168 valence electrons. The van der Waals surface area contributed by atoms with Crippen LogP contribution in [0.1, 0.15) is 34.9 Å². The number of anilines is 1. The fourth-order valence-corrected chi connectivity index (χ4v) is 3.92. The average Bonchev–Trinajstić information content (AvgIpc) is 3.22. The van der Waals surface area contributed by atoms with E-state index in [1.807, 2.05) is 0 Å². The molecule has 32 heavy (non-hydrogen) atoms. The number of hydrogen-bond donors (Lipinski definition) is 1. The lowest BCUT2D eigenvalue weighted by Gasteiger charge is -2.39. The van der Waals surface area contributed by atoms with E-state index in [0.717, 1.165) is 23.5 Å². The van der Waals surface area contributed by atoms with E-state index in [-0.39, 0.29) is 36.5 Å². The van der Waals surface area contributed by atoms with Crippen LogP contribution in [0.4, 0.5) is 23.4 Å². The Hall–Kier alpha value is -3.57. The molecule has 8 nitrogen and oxygen atoms in total. The Kier molecular flexibility index (Phi) is 5.53. The Bertz CT molecular complexity index is 1080. The third-order valence-electron chi connectivity index (χ3n) is 5.45. The number of nitrogens with two attached hydrogens (primary N) is 1. The van der Waals surface area contributed by atoms with Crippen LogP contribution in [0.15, 0.2) is 35.7 Å². The Balaban J connectivity index is 1.53. The van der Waals surface area contributed by atoms with Gasteiger partial charge in [0, 0.05) is 31.3 Å². The molecular weight excluding hydrogens is 432 g/mol. The van der Waals surface area contributed by atoms with Gasteiger partial charge in [-0.3, -0.25) is 9.59 Å². The van der Waals surface area contributed by atoms with Crippen LogP contribution in [0.5, 0.6) is 0 Å². The smallest absolute Gasteiger partial charge is 0.276 e. The van der Waals surface area contributed by atoms with Crippen LogP contribution in [0, 0.1) is 17.6 Å². The molecule has 0 bridgehead atoms. The summed E-state index contributed by atoms with van der Waals surface area (Å²) in [7, 11) is 0. The first-order chi connectivity index (χ1) is 15.2. The minimum atomic E-state index is -3.46. The van der Waals surface area contributed by atoms with Crippen LogP contribution >= 0.6 is 0 Å². The van der Waals surface area contributed by atoms with E-state index >= 15 is 8.78 Å². The quantitative estimate of drug-likeness (QED) is 0.720. The highest BCUT2D eigenvalue weighted by Crippen LogP contribution is 2.39. The maximum atomic E-state index is 15.0. The number of rotatable bonds is 4. The molecule has 2 atom stereocenters. The van der Waals surface area contributed by atoms with Crippen molar-refractivity contribution >= 4 is 23.8 Å². The van der Waals surface area contributed by atoms with Crippen molar-refractivity contribution in [2.45, 2.75) is 24.8 Å². The number of piperidine rings is 1. The molecule has 2 aliphatic rings. The van der Waals surface area contributed by atoms with Gasteiger partial charge < -0.3 is 10.6 Å². The zero-order valence-electron chi connectivity index (χ0n) is 16.6. The van der Waals surface area contributed by atoms with Crippen LogP contribution in [0.3, 0.4) is 0 Å². The van der Waals surface area contributed by atoms with Gasteiger partial charge >= 0.3 is 0 Å². The Morgan fingerprint density at radius 1 is 1.09 bits per heavy atom. The fraction of sp³-hybridized carbons (Fsp3) is 0.350. The summed E-state index contributed by atoms with van der Waals surface area (Å²) in [4.78, 5) is 33.1. The second kappa shape index (κ2) is 8.17. The maximum Gasteiger partial charge on any atom is 0.276 e. The van der Waals surface area contributed by atoms with Gasteiger partial charge in [0.15, 0.2) is 0 Å². The van der Waals surface area contributed by atoms with Crippen LogP contribution in [-0.4, -0.2) is 52.0 Å². The molecule has 0 saturated carbocycles. The Labute approximate surface area is 179 Å². The van der Waals surface area contributed by atoms with E-state index in [1.54, 1.807) is 0 Å². The second-order valence-corrected chi connectivity index (χ2v) is 7.58. The molecule has 2 amide bonds. The average molecular weight is 450 g/mol. The molecule has 2 N–H and O–H groups in total. The third kappa shape index (κ3) is 4.12. The highest BCUT2D eigenvalue weighted by Gasteiger charge is 2.51. The van der Waals surface area contributed by atoms with Gasteiger partial charge in [0.1, 0.15) is 35.4 Å². The number of benzene rings is 1. The van der Waals surface area contributed by atoms with Crippen LogP contribution in [-0.2, 0) is 4.79 Å². The molecule has 12 heteroatoms. The van der Waals surface area contributed by atoms with E-state index in [2.05, 4.69) is 15.1 Å². The largest absolute Gasteiger partial charge is 0.364 e. The van der Waals surface area contributed by atoms with Gasteiger partial charge in [0.05, 0.1) is 12.6 Å². The lowest BCUT2D eigenvalue weighted by atomic mass is 9.90. The highest BCUT2D eigenvalue weighted by atomic mass is 19.3. The first-order valence-corrected chi connectivity index (χ1v) is 9.72. The summed E-state index contributed by atoms with van der Waals surface area (Å²) in [6.45, 7) is -0.770. The van der Waals surface area contributed by atoms with Crippen molar-refractivity contribution in [3.05, 3.63) is 53.5 Å². The predicted molar refractivity (Wildman–Crippen MR) is 105 cm³/mol. The van der Waals surface area contributed by atoms with E-state index in [4.69, 9.17) is 5.73 Å². The van der Waals surface area contributed by atoms with Crippen molar-refractivity contribution in [2.75, 3.05) is 18.0 Å². The number of carbonyl (C=O) groups excluding carboxylic acids is 2. The monoisotopic (exact) mass is 450 g/mol. The highest BCUT2D eigenvalue weighted by molar-refractivity contribution is 5.91. The second-order valence-electron chi connectivity index (χ2n) is 7.58. The van der Waals surface area contributed by atoms with Crippen LogP contribution in [0.25, 0.3) is 0 Å². The molecule has 2 aliphatic heterocycles. The summed E-state index contributed by atoms with van der Waals surface area (Å²) in [5.41, 5.74) is 5.19. The zero-order valence-corrected chi connectivity index (χ0v) is 16.6. The fourth-order valence-electron chi connectivity index (χ4n) is 3.92. The maximum absolute atomic E-state index is 15.0. The van der Waals surface area contributed by atoms with Gasteiger partial charge in [0.2, 0.25) is 0 Å². The first-order valence-electron chi connectivity index (χ1n) is 9.72. The Morgan fingerprint density at radius 3 is 2.47 bits per heavy atom. The zero-order chi connectivity index (χ0) is 23.0. The lowest BCUT2D eigenvalue weighted by molar-refractivity contribution is -0.153. The van der Waals surface area contributed by atoms with E-state index in [0.29, 0.717) is 6.07 Å². The van der Waals surface area contributed by atoms with Gasteiger partial charge in [-0.15, -0.1) is 0 Å². The van der Waals surface area contributed by atoms with Gasteiger partial charge in [-0.2, -0.15) is 5.10 Å². The van der Waals surface area contributed by atoms with E-state index < -0.39 is 47.9 Å². The molecule has 1 aromatic carbocycles.